The largest absolute Gasteiger partial charge is 0.464 e. The Morgan fingerprint density at radius 1 is 1.33 bits per heavy atom. The lowest BCUT2D eigenvalue weighted by Gasteiger charge is -2.25. The smallest absolute Gasteiger partial charge is 0.217 e. The Morgan fingerprint density at radius 2 is 2.08 bits per heavy atom. The van der Waals surface area contributed by atoms with E-state index in [1.807, 2.05) is 12.1 Å². The Hall–Kier alpha value is -0.800. The van der Waals surface area contributed by atoms with E-state index in [0.29, 0.717) is 5.92 Å². The van der Waals surface area contributed by atoms with Gasteiger partial charge < -0.3 is 13.9 Å². The monoisotopic (exact) mass is 168 g/mol. The van der Waals surface area contributed by atoms with E-state index in [4.69, 9.17) is 13.9 Å². The molecule has 1 saturated heterocycles. The third kappa shape index (κ3) is 1.52. The van der Waals surface area contributed by atoms with Crippen LogP contribution in [0.3, 0.4) is 0 Å². The molecular weight excluding hydrogens is 156 g/mol. The summed E-state index contributed by atoms with van der Waals surface area (Å²) >= 11 is 0. The summed E-state index contributed by atoms with van der Waals surface area (Å²) in [4.78, 5) is 0. The van der Waals surface area contributed by atoms with Crippen LogP contribution in [0.4, 0.5) is 0 Å². The normalized spacial score (nSPS) is 30.4. The van der Waals surface area contributed by atoms with Gasteiger partial charge in [0.05, 0.1) is 19.5 Å². The van der Waals surface area contributed by atoms with Crippen molar-refractivity contribution >= 4 is 0 Å². The lowest BCUT2D eigenvalue weighted by atomic mass is 10.2. The fraction of sp³-hybridized carbons (Fsp3) is 0.556. The maximum Gasteiger partial charge on any atom is 0.217 e. The van der Waals surface area contributed by atoms with Gasteiger partial charge >= 0.3 is 0 Å². The molecular formula is C9H12O3. The molecule has 1 aliphatic heterocycles. The van der Waals surface area contributed by atoms with Crippen molar-refractivity contribution in [2.24, 2.45) is 5.92 Å². The minimum absolute atomic E-state index is 0.295. The number of hydrogen-bond acceptors (Lipinski definition) is 3. The molecule has 0 aromatic carbocycles. The first kappa shape index (κ1) is 7.83. The quantitative estimate of drug-likeness (QED) is 0.642. The molecule has 0 radical (unpaired) electrons. The summed E-state index contributed by atoms with van der Waals surface area (Å²) in [6.07, 6.45) is 1.33. The predicted octanol–water partition coefficient (Wildman–Crippen LogP) is 1.96. The highest BCUT2D eigenvalue weighted by Crippen LogP contribution is 2.24. The molecule has 1 aromatic rings. The van der Waals surface area contributed by atoms with Crippen LogP contribution >= 0.6 is 0 Å². The van der Waals surface area contributed by atoms with Crippen LogP contribution in [0.15, 0.2) is 22.8 Å². The molecule has 0 saturated carbocycles. The zero-order valence-electron chi connectivity index (χ0n) is 7.03. The molecule has 1 aliphatic rings. The Kier molecular flexibility index (Phi) is 2.15. The molecule has 2 rings (SSSR count). The Labute approximate surface area is 71.3 Å². The van der Waals surface area contributed by atoms with E-state index in [1.54, 1.807) is 6.26 Å². The van der Waals surface area contributed by atoms with Gasteiger partial charge in [-0.3, -0.25) is 0 Å². The highest BCUT2D eigenvalue weighted by atomic mass is 16.7. The molecule has 1 fully saturated rings. The van der Waals surface area contributed by atoms with Gasteiger partial charge in [-0.1, -0.05) is 6.92 Å². The van der Waals surface area contributed by atoms with Gasteiger partial charge in [-0.2, -0.15) is 0 Å². The average Bonchev–Trinajstić information content (AvgIpc) is 2.58. The first-order valence-electron chi connectivity index (χ1n) is 4.13. The maximum absolute atomic E-state index is 5.42. The van der Waals surface area contributed by atoms with Crippen molar-refractivity contribution in [3.8, 4) is 0 Å². The van der Waals surface area contributed by atoms with Crippen molar-refractivity contribution in [2.45, 2.75) is 13.2 Å². The van der Waals surface area contributed by atoms with E-state index in [-0.39, 0.29) is 6.29 Å². The van der Waals surface area contributed by atoms with E-state index in [0.717, 1.165) is 19.0 Å². The topological polar surface area (TPSA) is 31.6 Å². The highest BCUT2D eigenvalue weighted by molar-refractivity contribution is 5.00. The Bertz CT molecular complexity index is 222. The fourth-order valence-electron chi connectivity index (χ4n) is 1.19. The number of furan rings is 1. The second-order valence-corrected chi connectivity index (χ2v) is 3.12. The zero-order chi connectivity index (χ0) is 8.39. The third-order valence-corrected chi connectivity index (χ3v) is 1.84. The molecule has 0 aliphatic carbocycles. The molecule has 0 amide bonds. The second kappa shape index (κ2) is 3.29. The van der Waals surface area contributed by atoms with Crippen LogP contribution in [0.25, 0.3) is 0 Å². The molecule has 3 heteroatoms. The number of hydrogen-bond donors (Lipinski definition) is 0. The van der Waals surface area contributed by atoms with Gasteiger partial charge in [0.25, 0.3) is 0 Å². The number of ether oxygens (including phenoxy) is 2. The van der Waals surface area contributed by atoms with Gasteiger partial charge in [-0.05, 0) is 12.1 Å². The lowest BCUT2D eigenvalue weighted by molar-refractivity contribution is -0.210. The third-order valence-electron chi connectivity index (χ3n) is 1.84. The van der Waals surface area contributed by atoms with Crippen molar-refractivity contribution in [1.82, 2.24) is 0 Å². The van der Waals surface area contributed by atoms with Crippen LogP contribution in [-0.4, -0.2) is 13.2 Å². The predicted molar refractivity (Wildman–Crippen MR) is 42.5 cm³/mol. The van der Waals surface area contributed by atoms with Crippen molar-refractivity contribution < 1.29 is 13.9 Å². The maximum atomic E-state index is 5.42. The minimum Gasteiger partial charge on any atom is -0.464 e. The second-order valence-electron chi connectivity index (χ2n) is 3.12. The van der Waals surface area contributed by atoms with E-state index in [1.165, 1.54) is 0 Å². The van der Waals surface area contributed by atoms with E-state index in [2.05, 4.69) is 6.92 Å². The van der Waals surface area contributed by atoms with Gasteiger partial charge in [-0.25, -0.2) is 0 Å². The van der Waals surface area contributed by atoms with Crippen LogP contribution in [-0.2, 0) is 9.47 Å². The highest BCUT2D eigenvalue weighted by Gasteiger charge is 2.22. The molecule has 2 heterocycles. The van der Waals surface area contributed by atoms with E-state index in [9.17, 15) is 0 Å². The molecule has 0 unspecified atom stereocenters. The Morgan fingerprint density at radius 3 is 2.67 bits per heavy atom. The van der Waals surface area contributed by atoms with Gasteiger partial charge in [0.15, 0.2) is 5.76 Å². The molecule has 12 heavy (non-hydrogen) atoms. The molecule has 0 bridgehead atoms. The molecule has 3 nitrogen and oxygen atoms in total. The van der Waals surface area contributed by atoms with Gasteiger partial charge in [-0.15, -0.1) is 0 Å². The average molecular weight is 168 g/mol. The molecule has 0 atom stereocenters. The standard InChI is InChI=1S/C9H12O3/c1-7-5-11-9(12-6-7)8-3-2-4-10-8/h2-4,7,9H,5-6H2,1H3. The first-order chi connectivity index (χ1) is 5.86. The van der Waals surface area contributed by atoms with Crippen LogP contribution < -0.4 is 0 Å². The molecule has 0 N–H and O–H groups in total. The van der Waals surface area contributed by atoms with Crippen LogP contribution in [0.5, 0.6) is 0 Å². The minimum atomic E-state index is -0.295. The summed E-state index contributed by atoms with van der Waals surface area (Å²) in [5.41, 5.74) is 0. The SMILES string of the molecule is CC1COC(c2ccco2)OC1. The molecule has 66 valence electrons. The van der Waals surface area contributed by atoms with Crippen LogP contribution in [0, 0.1) is 5.92 Å². The van der Waals surface area contributed by atoms with Gasteiger partial charge in [0, 0.05) is 5.92 Å². The van der Waals surface area contributed by atoms with Crippen LogP contribution in [0.1, 0.15) is 19.0 Å². The molecule has 1 aromatic heterocycles. The summed E-state index contributed by atoms with van der Waals surface area (Å²) in [6.45, 7) is 3.58. The lowest BCUT2D eigenvalue weighted by Crippen LogP contribution is -2.24. The number of rotatable bonds is 1. The van der Waals surface area contributed by atoms with Gasteiger partial charge in [0.2, 0.25) is 6.29 Å². The zero-order valence-corrected chi connectivity index (χ0v) is 7.03. The van der Waals surface area contributed by atoms with E-state index < -0.39 is 0 Å². The van der Waals surface area contributed by atoms with Crippen molar-refractivity contribution in [2.75, 3.05) is 13.2 Å². The summed E-state index contributed by atoms with van der Waals surface area (Å²) in [5, 5.41) is 0. The van der Waals surface area contributed by atoms with E-state index >= 15 is 0 Å². The summed E-state index contributed by atoms with van der Waals surface area (Å²) in [6, 6.07) is 3.70. The Balaban J connectivity index is 1.99. The van der Waals surface area contributed by atoms with Crippen LogP contribution in [0.2, 0.25) is 0 Å². The molecule has 0 spiro atoms. The van der Waals surface area contributed by atoms with Gasteiger partial charge in [0.1, 0.15) is 0 Å². The fourth-order valence-corrected chi connectivity index (χ4v) is 1.19. The first-order valence-corrected chi connectivity index (χ1v) is 4.13. The van der Waals surface area contributed by atoms with Crippen molar-refractivity contribution in [3.63, 3.8) is 0 Å². The summed E-state index contributed by atoms with van der Waals surface area (Å²) in [7, 11) is 0. The summed E-state index contributed by atoms with van der Waals surface area (Å²) in [5.74, 6) is 1.23. The van der Waals surface area contributed by atoms with Crippen molar-refractivity contribution in [3.05, 3.63) is 24.2 Å². The van der Waals surface area contributed by atoms with Crippen molar-refractivity contribution in [1.29, 1.82) is 0 Å². The summed E-state index contributed by atoms with van der Waals surface area (Å²) < 4.78 is 16.0.